The fourth-order valence-corrected chi connectivity index (χ4v) is 3.52. The molecule has 1 aromatic carbocycles. The molecule has 1 heterocycles. The maximum absolute atomic E-state index is 12.4. The summed E-state index contributed by atoms with van der Waals surface area (Å²) in [6, 6.07) is 5.38. The Labute approximate surface area is 165 Å². The van der Waals surface area contributed by atoms with Gasteiger partial charge < -0.3 is 9.47 Å². The van der Waals surface area contributed by atoms with Crippen LogP contribution in [-0.4, -0.2) is 41.8 Å². The molecule has 0 radical (unpaired) electrons. The number of carbonyl (C=O) groups is 3. The summed E-state index contributed by atoms with van der Waals surface area (Å²) in [5, 5.41) is -0.473. The summed E-state index contributed by atoms with van der Waals surface area (Å²) in [5.74, 6) is -0.365. The zero-order valence-corrected chi connectivity index (χ0v) is 17.0. The van der Waals surface area contributed by atoms with Crippen molar-refractivity contribution in [3.05, 3.63) is 33.1 Å². The second-order valence-corrected chi connectivity index (χ2v) is 7.31. The molecule has 2 amide bonds. The van der Waals surface area contributed by atoms with Crippen molar-refractivity contribution in [2.75, 3.05) is 19.8 Å². The van der Waals surface area contributed by atoms with Crippen LogP contribution in [0.2, 0.25) is 0 Å². The van der Waals surface area contributed by atoms with E-state index in [0.29, 0.717) is 19.0 Å². The molecule has 6 nitrogen and oxygen atoms in total. The smallest absolute Gasteiger partial charge is 0.326 e. The van der Waals surface area contributed by atoms with E-state index in [1.165, 1.54) is 0 Å². The number of nitrogens with zero attached hydrogens (tertiary/aromatic N) is 1. The molecule has 0 bridgehead atoms. The molecule has 2 rings (SSSR count). The number of amides is 2. The van der Waals surface area contributed by atoms with E-state index in [9.17, 15) is 14.4 Å². The number of unbranched alkanes of at least 4 members (excludes halogenated alkanes) is 1. The minimum atomic E-state index is -0.578. The Morgan fingerprint density at radius 1 is 1.31 bits per heavy atom. The molecule has 8 heteroatoms. The third-order valence-electron chi connectivity index (χ3n) is 3.48. The van der Waals surface area contributed by atoms with Crippen molar-refractivity contribution < 1.29 is 23.9 Å². The van der Waals surface area contributed by atoms with Crippen LogP contribution >= 0.6 is 27.7 Å². The SMILES string of the molecule is CCCCOC(=O)CN1C(=O)S/C(=C\c2ccc(OCC)c(Br)c2)C1=O. The zero-order valence-electron chi connectivity index (χ0n) is 14.6. The summed E-state index contributed by atoms with van der Waals surface area (Å²) >= 11 is 4.23. The molecule has 1 aromatic rings. The first kappa shape index (κ1) is 20.5. The lowest BCUT2D eigenvalue weighted by atomic mass is 10.2. The number of thioether (sulfide) groups is 1. The first-order valence-electron chi connectivity index (χ1n) is 8.29. The highest BCUT2D eigenvalue weighted by Gasteiger charge is 2.36. The van der Waals surface area contributed by atoms with Gasteiger partial charge in [0.05, 0.1) is 22.6 Å². The molecule has 1 fully saturated rings. The number of benzene rings is 1. The number of hydrogen-bond acceptors (Lipinski definition) is 6. The van der Waals surface area contributed by atoms with Gasteiger partial charge in [0.2, 0.25) is 0 Å². The Morgan fingerprint density at radius 3 is 2.73 bits per heavy atom. The van der Waals surface area contributed by atoms with E-state index in [2.05, 4.69) is 15.9 Å². The molecule has 1 aliphatic heterocycles. The largest absolute Gasteiger partial charge is 0.493 e. The predicted molar refractivity (Wildman–Crippen MR) is 104 cm³/mol. The number of imide groups is 1. The fraction of sp³-hybridized carbons (Fsp3) is 0.389. The van der Waals surface area contributed by atoms with E-state index in [1.807, 2.05) is 13.8 Å². The monoisotopic (exact) mass is 441 g/mol. The molecule has 0 N–H and O–H groups in total. The quantitative estimate of drug-likeness (QED) is 0.341. The molecule has 26 heavy (non-hydrogen) atoms. The molecule has 0 aromatic heterocycles. The molecule has 0 atom stereocenters. The average Bonchev–Trinajstić information content (AvgIpc) is 2.85. The molecule has 0 spiro atoms. The minimum absolute atomic E-state index is 0.271. The van der Waals surface area contributed by atoms with Gasteiger partial charge in [0, 0.05) is 0 Å². The molecule has 1 saturated heterocycles. The van der Waals surface area contributed by atoms with Gasteiger partial charge in [0.25, 0.3) is 11.1 Å². The lowest BCUT2D eigenvalue weighted by Gasteiger charge is -2.11. The summed E-state index contributed by atoms with van der Waals surface area (Å²) in [5.41, 5.74) is 0.747. The topological polar surface area (TPSA) is 72.9 Å². The molecule has 0 aliphatic carbocycles. The van der Waals surface area contributed by atoms with Gasteiger partial charge in [-0.05, 0) is 64.8 Å². The van der Waals surface area contributed by atoms with Crippen LogP contribution in [0.4, 0.5) is 4.79 Å². The zero-order chi connectivity index (χ0) is 19.1. The highest BCUT2D eigenvalue weighted by molar-refractivity contribution is 9.10. The summed E-state index contributed by atoms with van der Waals surface area (Å²) in [6.45, 7) is 4.35. The van der Waals surface area contributed by atoms with Gasteiger partial charge in [-0.15, -0.1) is 0 Å². The highest BCUT2D eigenvalue weighted by atomic mass is 79.9. The van der Waals surface area contributed by atoms with Crippen molar-refractivity contribution in [3.63, 3.8) is 0 Å². The van der Waals surface area contributed by atoms with E-state index in [1.54, 1.807) is 24.3 Å². The van der Waals surface area contributed by atoms with Crippen LogP contribution in [0.1, 0.15) is 32.3 Å². The molecule has 0 saturated carbocycles. The van der Waals surface area contributed by atoms with Crippen LogP contribution in [0.25, 0.3) is 6.08 Å². The molecule has 1 aliphatic rings. The van der Waals surface area contributed by atoms with Crippen LogP contribution in [0.3, 0.4) is 0 Å². The maximum Gasteiger partial charge on any atom is 0.326 e. The number of ether oxygens (including phenoxy) is 2. The Bertz CT molecular complexity index is 734. The predicted octanol–water partition coefficient (Wildman–Crippen LogP) is 4.23. The van der Waals surface area contributed by atoms with E-state index in [-0.39, 0.29) is 11.4 Å². The molecule has 140 valence electrons. The number of carbonyl (C=O) groups excluding carboxylic acids is 3. The molecular weight excluding hydrogens is 422 g/mol. The van der Waals surface area contributed by atoms with Crippen LogP contribution in [0.5, 0.6) is 5.75 Å². The lowest BCUT2D eigenvalue weighted by molar-refractivity contribution is -0.146. The summed E-state index contributed by atoms with van der Waals surface area (Å²) in [6.07, 6.45) is 3.27. The maximum atomic E-state index is 12.4. The van der Waals surface area contributed by atoms with Crippen molar-refractivity contribution >= 4 is 50.9 Å². The molecule has 0 unspecified atom stereocenters. The Hall–Kier alpha value is -1.80. The Morgan fingerprint density at radius 2 is 2.08 bits per heavy atom. The number of halogens is 1. The van der Waals surface area contributed by atoms with E-state index >= 15 is 0 Å². The van der Waals surface area contributed by atoms with Crippen molar-refractivity contribution in [2.24, 2.45) is 0 Å². The fourth-order valence-electron chi connectivity index (χ4n) is 2.17. The minimum Gasteiger partial charge on any atom is -0.493 e. The summed E-state index contributed by atoms with van der Waals surface area (Å²) < 4.78 is 11.2. The third kappa shape index (κ3) is 5.35. The average molecular weight is 442 g/mol. The van der Waals surface area contributed by atoms with Gasteiger partial charge in [-0.1, -0.05) is 19.4 Å². The van der Waals surface area contributed by atoms with Crippen LogP contribution < -0.4 is 4.74 Å². The molecular formula is C18H20BrNO5S. The number of hydrogen-bond donors (Lipinski definition) is 0. The van der Waals surface area contributed by atoms with Crippen LogP contribution in [0.15, 0.2) is 27.6 Å². The van der Waals surface area contributed by atoms with Crippen molar-refractivity contribution in [3.8, 4) is 5.75 Å². The summed E-state index contributed by atoms with van der Waals surface area (Å²) in [7, 11) is 0. The van der Waals surface area contributed by atoms with E-state index in [4.69, 9.17) is 9.47 Å². The van der Waals surface area contributed by atoms with E-state index < -0.39 is 17.1 Å². The Kier molecular flexibility index (Phi) is 7.71. The van der Waals surface area contributed by atoms with Gasteiger partial charge in [-0.2, -0.15) is 0 Å². The van der Waals surface area contributed by atoms with Gasteiger partial charge >= 0.3 is 5.97 Å². The standard InChI is InChI=1S/C18H20BrNO5S/c1-3-5-8-25-16(21)11-20-17(22)15(26-18(20)23)10-12-6-7-14(24-4-2)13(19)9-12/h6-7,9-10H,3-5,8,11H2,1-2H3/b15-10-. The number of rotatable bonds is 8. The first-order valence-corrected chi connectivity index (χ1v) is 9.90. The lowest BCUT2D eigenvalue weighted by Crippen LogP contribution is -2.34. The first-order chi connectivity index (χ1) is 12.5. The normalized spacial score (nSPS) is 15.7. The highest BCUT2D eigenvalue weighted by Crippen LogP contribution is 2.33. The third-order valence-corrected chi connectivity index (χ3v) is 5.00. The van der Waals surface area contributed by atoms with E-state index in [0.717, 1.165) is 39.5 Å². The van der Waals surface area contributed by atoms with Gasteiger partial charge in [0.1, 0.15) is 12.3 Å². The number of esters is 1. The van der Waals surface area contributed by atoms with Crippen LogP contribution in [-0.2, 0) is 14.3 Å². The van der Waals surface area contributed by atoms with Crippen molar-refractivity contribution in [1.82, 2.24) is 4.90 Å². The van der Waals surface area contributed by atoms with Gasteiger partial charge in [0.15, 0.2) is 0 Å². The summed E-state index contributed by atoms with van der Waals surface area (Å²) in [4.78, 5) is 37.4. The van der Waals surface area contributed by atoms with Gasteiger partial charge in [-0.25, -0.2) is 0 Å². The van der Waals surface area contributed by atoms with Crippen molar-refractivity contribution in [2.45, 2.75) is 26.7 Å². The Balaban J connectivity index is 2.06. The second-order valence-electron chi connectivity index (χ2n) is 5.46. The van der Waals surface area contributed by atoms with Gasteiger partial charge in [-0.3, -0.25) is 19.3 Å². The van der Waals surface area contributed by atoms with Crippen LogP contribution in [0, 0.1) is 0 Å². The second kappa shape index (κ2) is 9.78. The van der Waals surface area contributed by atoms with Crippen molar-refractivity contribution in [1.29, 1.82) is 0 Å².